The summed E-state index contributed by atoms with van der Waals surface area (Å²) >= 11 is 3.63. The topological polar surface area (TPSA) is 41.5 Å². The van der Waals surface area contributed by atoms with Crippen LogP contribution in [0.1, 0.15) is 19.8 Å². The summed E-state index contributed by atoms with van der Waals surface area (Å²) in [6.45, 7) is 4.05. The van der Waals surface area contributed by atoms with Crippen molar-refractivity contribution in [1.29, 1.82) is 0 Å². The molecule has 5 heteroatoms. The molecule has 0 spiro atoms. The quantitative estimate of drug-likeness (QED) is 0.667. The summed E-state index contributed by atoms with van der Waals surface area (Å²) in [5.74, 6) is 0.894. The number of hydrogen-bond acceptors (Lipinski definition) is 3. The molecular weight excluding hydrogens is 366 g/mol. The Labute approximate surface area is 146 Å². The number of ether oxygens (including phenoxy) is 1. The number of halogens is 2. The second kappa shape index (κ2) is 10.1. The van der Waals surface area contributed by atoms with Crippen LogP contribution >= 0.6 is 28.3 Å². The SMILES string of the molecule is CC(O)CNCCCCOc1ccc2ccccc2c1Br.Cl. The van der Waals surface area contributed by atoms with Gasteiger partial charge >= 0.3 is 0 Å². The number of aliphatic hydroxyl groups excluding tert-OH is 1. The molecule has 0 saturated heterocycles. The minimum Gasteiger partial charge on any atom is -0.492 e. The third-order valence-corrected chi connectivity index (χ3v) is 4.09. The highest BCUT2D eigenvalue weighted by atomic mass is 79.9. The van der Waals surface area contributed by atoms with E-state index in [4.69, 9.17) is 9.84 Å². The fourth-order valence-electron chi connectivity index (χ4n) is 2.17. The van der Waals surface area contributed by atoms with Crippen molar-refractivity contribution in [3.05, 3.63) is 40.9 Å². The molecule has 0 fully saturated rings. The van der Waals surface area contributed by atoms with Crippen molar-refractivity contribution in [3.63, 3.8) is 0 Å². The number of fused-ring (bicyclic) bond motifs is 1. The molecule has 22 heavy (non-hydrogen) atoms. The van der Waals surface area contributed by atoms with Crippen molar-refractivity contribution in [1.82, 2.24) is 5.32 Å². The van der Waals surface area contributed by atoms with Gasteiger partial charge < -0.3 is 15.2 Å². The normalized spacial score (nSPS) is 12.0. The molecule has 0 bridgehead atoms. The van der Waals surface area contributed by atoms with E-state index in [1.807, 2.05) is 18.2 Å². The fourth-order valence-corrected chi connectivity index (χ4v) is 2.78. The van der Waals surface area contributed by atoms with E-state index < -0.39 is 0 Å². The molecule has 2 N–H and O–H groups in total. The van der Waals surface area contributed by atoms with Gasteiger partial charge in [0, 0.05) is 6.54 Å². The maximum atomic E-state index is 9.13. The third kappa shape index (κ3) is 5.76. The first-order valence-electron chi connectivity index (χ1n) is 7.37. The van der Waals surface area contributed by atoms with Crippen molar-refractivity contribution >= 4 is 39.1 Å². The Balaban J connectivity index is 0.00000242. The van der Waals surface area contributed by atoms with Crippen molar-refractivity contribution in [3.8, 4) is 5.75 Å². The van der Waals surface area contributed by atoms with Gasteiger partial charge in [-0.25, -0.2) is 0 Å². The summed E-state index contributed by atoms with van der Waals surface area (Å²) in [4.78, 5) is 0. The van der Waals surface area contributed by atoms with Crippen LogP contribution in [-0.4, -0.2) is 30.9 Å². The first-order valence-corrected chi connectivity index (χ1v) is 8.16. The summed E-state index contributed by atoms with van der Waals surface area (Å²) in [7, 11) is 0. The largest absolute Gasteiger partial charge is 0.492 e. The molecule has 0 radical (unpaired) electrons. The van der Waals surface area contributed by atoms with Gasteiger partial charge in [-0.15, -0.1) is 12.4 Å². The van der Waals surface area contributed by atoms with Crippen molar-refractivity contribution in [2.75, 3.05) is 19.7 Å². The first kappa shape index (κ1) is 19.2. The summed E-state index contributed by atoms with van der Waals surface area (Å²) in [5, 5.41) is 14.7. The molecular formula is C17H23BrClNO2. The maximum Gasteiger partial charge on any atom is 0.134 e. The van der Waals surface area contributed by atoms with Gasteiger partial charge in [-0.2, -0.15) is 0 Å². The Kier molecular flexibility index (Phi) is 8.79. The number of hydrogen-bond donors (Lipinski definition) is 2. The van der Waals surface area contributed by atoms with Gasteiger partial charge in [0.2, 0.25) is 0 Å². The molecule has 3 nitrogen and oxygen atoms in total. The number of unbranched alkanes of at least 4 members (excludes halogenated alkanes) is 1. The van der Waals surface area contributed by atoms with E-state index in [1.54, 1.807) is 6.92 Å². The molecule has 2 aromatic carbocycles. The van der Waals surface area contributed by atoms with Crippen molar-refractivity contribution in [2.45, 2.75) is 25.9 Å². The summed E-state index contributed by atoms with van der Waals surface area (Å²) in [5.41, 5.74) is 0. The van der Waals surface area contributed by atoms with E-state index in [0.717, 1.165) is 29.6 Å². The van der Waals surface area contributed by atoms with E-state index in [9.17, 15) is 0 Å². The molecule has 0 amide bonds. The molecule has 0 aliphatic heterocycles. The molecule has 0 heterocycles. The average molecular weight is 389 g/mol. The van der Waals surface area contributed by atoms with E-state index >= 15 is 0 Å². The lowest BCUT2D eigenvalue weighted by molar-refractivity contribution is 0.191. The van der Waals surface area contributed by atoms with Crippen LogP contribution in [0, 0.1) is 0 Å². The van der Waals surface area contributed by atoms with Crippen LogP contribution in [0.25, 0.3) is 10.8 Å². The lowest BCUT2D eigenvalue weighted by Gasteiger charge is -2.11. The second-order valence-electron chi connectivity index (χ2n) is 5.21. The van der Waals surface area contributed by atoms with E-state index in [0.29, 0.717) is 13.2 Å². The van der Waals surface area contributed by atoms with Crippen LogP contribution in [0.15, 0.2) is 40.9 Å². The average Bonchev–Trinajstić information content (AvgIpc) is 2.48. The molecule has 0 aliphatic rings. The van der Waals surface area contributed by atoms with E-state index in [-0.39, 0.29) is 18.5 Å². The molecule has 2 rings (SSSR count). The summed E-state index contributed by atoms with van der Waals surface area (Å²) in [6, 6.07) is 12.3. The van der Waals surface area contributed by atoms with Gasteiger partial charge in [0.25, 0.3) is 0 Å². The summed E-state index contributed by atoms with van der Waals surface area (Å²) < 4.78 is 6.87. The zero-order valence-electron chi connectivity index (χ0n) is 12.7. The highest BCUT2D eigenvalue weighted by Crippen LogP contribution is 2.33. The molecule has 1 atom stereocenters. The van der Waals surface area contributed by atoms with Gasteiger partial charge in [0.1, 0.15) is 5.75 Å². The summed E-state index contributed by atoms with van der Waals surface area (Å²) in [6.07, 6.45) is 1.75. The van der Waals surface area contributed by atoms with Gasteiger partial charge in [0.15, 0.2) is 0 Å². The van der Waals surface area contributed by atoms with Gasteiger partial charge in [-0.05, 0) is 59.1 Å². The maximum absolute atomic E-state index is 9.13. The van der Waals surface area contributed by atoms with Crippen LogP contribution in [0.4, 0.5) is 0 Å². The van der Waals surface area contributed by atoms with Crippen LogP contribution < -0.4 is 10.1 Å². The predicted molar refractivity (Wildman–Crippen MR) is 98.2 cm³/mol. The first-order chi connectivity index (χ1) is 10.2. The Bertz CT molecular complexity index is 578. The number of nitrogens with one attached hydrogen (secondary N) is 1. The number of benzene rings is 2. The lowest BCUT2D eigenvalue weighted by atomic mass is 10.1. The molecule has 0 aliphatic carbocycles. The lowest BCUT2D eigenvalue weighted by Crippen LogP contribution is -2.25. The zero-order valence-corrected chi connectivity index (χ0v) is 15.1. The van der Waals surface area contributed by atoms with Gasteiger partial charge in [-0.1, -0.05) is 30.3 Å². The monoisotopic (exact) mass is 387 g/mol. The minimum absolute atomic E-state index is 0. The highest BCUT2D eigenvalue weighted by Gasteiger charge is 2.05. The van der Waals surface area contributed by atoms with Gasteiger partial charge in [0.05, 0.1) is 17.2 Å². The highest BCUT2D eigenvalue weighted by molar-refractivity contribution is 9.10. The molecule has 0 aromatic heterocycles. The Hall–Kier alpha value is -0.810. The van der Waals surface area contributed by atoms with Crippen LogP contribution in [-0.2, 0) is 0 Å². The number of aliphatic hydroxyl groups is 1. The molecule has 0 saturated carbocycles. The van der Waals surface area contributed by atoms with Crippen molar-refractivity contribution in [2.24, 2.45) is 0 Å². The predicted octanol–water partition coefficient (Wildman–Crippen LogP) is 4.15. The van der Waals surface area contributed by atoms with Crippen molar-refractivity contribution < 1.29 is 9.84 Å². The Morgan fingerprint density at radius 1 is 1.18 bits per heavy atom. The minimum atomic E-state index is -0.283. The van der Waals surface area contributed by atoms with E-state index in [1.165, 1.54) is 10.8 Å². The second-order valence-corrected chi connectivity index (χ2v) is 6.00. The standard InChI is InChI=1S/C17H22BrNO2.ClH/c1-13(20)12-19-10-4-5-11-21-16-9-8-14-6-2-3-7-15(14)17(16)18;/h2-3,6-9,13,19-20H,4-5,10-12H2,1H3;1H. The third-order valence-electron chi connectivity index (χ3n) is 3.27. The zero-order chi connectivity index (χ0) is 15.1. The number of rotatable bonds is 8. The van der Waals surface area contributed by atoms with Crippen LogP contribution in [0.5, 0.6) is 5.75 Å². The molecule has 2 aromatic rings. The Morgan fingerprint density at radius 3 is 2.73 bits per heavy atom. The van der Waals surface area contributed by atoms with Crippen LogP contribution in [0.3, 0.4) is 0 Å². The van der Waals surface area contributed by atoms with Gasteiger partial charge in [-0.3, -0.25) is 0 Å². The smallest absolute Gasteiger partial charge is 0.134 e. The fraction of sp³-hybridized carbons (Fsp3) is 0.412. The molecule has 122 valence electrons. The van der Waals surface area contributed by atoms with Crippen LogP contribution in [0.2, 0.25) is 0 Å². The Morgan fingerprint density at radius 2 is 1.95 bits per heavy atom. The molecule has 1 unspecified atom stereocenters. The van der Waals surface area contributed by atoms with E-state index in [2.05, 4.69) is 39.4 Å².